The molecule has 1 aliphatic carbocycles. The van der Waals surface area contributed by atoms with Gasteiger partial charge in [-0.1, -0.05) is 43.7 Å². The molecule has 1 aliphatic rings. The molecule has 1 N–H and O–H groups in total. The Morgan fingerprint density at radius 1 is 1.30 bits per heavy atom. The Balaban J connectivity index is 2.05. The van der Waals surface area contributed by atoms with Crippen molar-refractivity contribution in [2.45, 2.75) is 39.2 Å². The highest BCUT2D eigenvalue weighted by Gasteiger charge is 2.45. The number of hydrogen-bond acceptors (Lipinski definition) is 3. The van der Waals surface area contributed by atoms with Crippen LogP contribution < -0.4 is 0 Å². The third kappa shape index (κ3) is 2.93. The van der Waals surface area contributed by atoms with Crippen LogP contribution in [0.5, 0.6) is 0 Å². The van der Waals surface area contributed by atoms with Gasteiger partial charge in [-0.05, 0) is 31.9 Å². The summed E-state index contributed by atoms with van der Waals surface area (Å²) in [5.41, 5.74) is 0.477. The zero-order valence-electron chi connectivity index (χ0n) is 12.3. The Hall–Kier alpha value is -1.61. The van der Waals surface area contributed by atoms with Crippen LogP contribution in [-0.2, 0) is 4.74 Å². The molecule has 0 spiro atoms. The van der Waals surface area contributed by atoms with Gasteiger partial charge in [-0.2, -0.15) is 0 Å². The number of benzene rings is 1. The summed E-state index contributed by atoms with van der Waals surface area (Å²) in [7, 11) is 0. The maximum Gasteiger partial charge on any atom is 0.338 e. The number of aliphatic hydroxyl groups is 1. The predicted octanol–water partition coefficient (Wildman–Crippen LogP) is 3.34. The zero-order chi connectivity index (χ0) is 14.8. The van der Waals surface area contributed by atoms with E-state index in [1.54, 1.807) is 24.3 Å². The SMILES string of the molecule is CC1=CC[C@@](O)(COC(=O)c2ccccc2)C(C)(C)C1. The summed E-state index contributed by atoms with van der Waals surface area (Å²) < 4.78 is 5.32. The highest BCUT2D eigenvalue weighted by atomic mass is 16.5. The van der Waals surface area contributed by atoms with Gasteiger partial charge in [-0.15, -0.1) is 0 Å². The predicted molar refractivity (Wildman–Crippen MR) is 78.4 cm³/mol. The van der Waals surface area contributed by atoms with E-state index in [0.717, 1.165) is 6.42 Å². The summed E-state index contributed by atoms with van der Waals surface area (Å²) in [6.45, 7) is 6.12. The van der Waals surface area contributed by atoms with Crippen LogP contribution in [0, 0.1) is 5.41 Å². The van der Waals surface area contributed by atoms with Crippen molar-refractivity contribution in [3.05, 3.63) is 47.5 Å². The van der Waals surface area contributed by atoms with Crippen LogP contribution in [-0.4, -0.2) is 23.3 Å². The Kier molecular flexibility index (Phi) is 4.00. The van der Waals surface area contributed by atoms with Crippen LogP contribution in [0.3, 0.4) is 0 Å². The van der Waals surface area contributed by atoms with E-state index < -0.39 is 5.60 Å². The number of hydrogen-bond donors (Lipinski definition) is 1. The molecule has 3 heteroatoms. The van der Waals surface area contributed by atoms with Gasteiger partial charge in [0.2, 0.25) is 0 Å². The molecule has 0 unspecified atom stereocenters. The molecule has 0 saturated carbocycles. The molecule has 0 saturated heterocycles. The van der Waals surface area contributed by atoms with Crippen LogP contribution >= 0.6 is 0 Å². The average Bonchev–Trinajstić information content (AvgIpc) is 2.41. The second kappa shape index (κ2) is 5.41. The maximum absolute atomic E-state index is 12.0. The number of carbonyl (C=O) groups is 1. The number of allylic oxidation sites excluding steroid dienone is 1. The fourth-order valence-electron chi connectivity index (χ4n) is 2.65. The van der Waals surface area contributed by atoms with E-state index in [4.69, 9.17) is 4.74 Å². The standard InChI is InChI=1S/C17H22O3/c1-13-9-10-17(19,16(2,3)11-13)12-20-15(18)14-7-5-4-6-8-14/h4-9,19H,10-12H2,1-3H3/t17-/m1/s1. The summed E-state index contributed by atoms with van der Waals surface area (Å²) in [4.78, 5) is 12.0. The van der Waals surface area contributed by atoms with Gasteiger partial charge in [0.25, 0.3) is 0 Å². The normalized spacial score (nSPS) is 24.9. The van der Waals surface area contributed by atoms with Crippen LogP contribution in [0.25, 0.3) is 0 Å². The summed E-state index contributed by atoms with van der Waals surface area (Å²) in [6.07, 6.45) is 3.36. The smallest absolute Gasteiger partial charge is 0.338 e. The quantitative estimate of drug-likeness (QED) is 0.679. The van der Waals surface area contributed by atoms with Gasteiger partial charge < -0.3 is 9.84 Å². The molecule has 0 amide bonds. The molecule has 0 aromatic heterocycles. The second-order valence-electron chi connectivity index (χ2n) is 6.29. The van der Waals surface area contributed by atoms with Crippen molar-refractivity contribution in [1.82, 2.24) is 0 Å². The lowest BCUT2D eigenvalue weighted by atomic mass is 9.66. The highest BCUT2D eigenvalue weighted by molar-refractivity contribution is 5.89. The fourth-order valence-corrected chi connectivity index (χ4v) is 2.65. The molecule has 0 aliphatic heterocycles. The van der Waals surface area contributed by atoms with Gasteiger partial charge in [0.05, 0.1) is 5.56 Å². The summed E-state index contributed by atoms with van der Waals surface area (Å²) in [5.74, 6) is -0.388. The van der Waals surface area contributed by atoms with Gasteiger partial charge in [0, 0.05) is 5.41 Å². The van der Waals surface area contributed by atoms with Gasteiger partial charge >= 0.3 is 5.97 Å². The average molecular weight is 274 g/mol. The van der Waals surface area contributed by atoms with Gasteiger partial charge in [0.15, 0.2) is 0 Å². The van der Waals surface area contributed by atoms with Crippen LogP contribution in [0.15, 0.2) is 42.0 Å². The molecule has 0 radical (unpaired) electrons. The molecule has 1 atom stereocenters. The third-order valence-electron chi connectivity index (χ3n) is 4.22. The van der Waals surface area contributed by atoms with Crippen LogP contribution in [0.1, 0.15) is 44.0 Å². The molecule has 0 bridgehead atoms. The number of rotatable bonds is 3. The Bertz CT molecular complexity index is 516. The van der Waals surface area contributed by atoms with Gasteiger partial charge in [-0.3, -0.25) is 0 Å². The first-order valence-electron chi connectivity index (χ1n) is 6.94. The summed E-state index contributed by atoms with van der Waals surface area (Å²) >= 11 is 0. The van der Waals surface area contributed by atoms with Crippen LogP contribution in [0.2, 0.25) is 0 Å². The van der Waals surface area contributed by atoms with E-state index in [2.05, 4.69) is 6.92 Å². The Morgan fingerprint density at radius 2 is 1.95 bits per heavy atom. The molecular weight excluding hydrogens is 252 g/mol. The second-order valence-corrected chi connectivity index (χ2v) is 6.29. The minimum atomic E-state index is -1.00. The molecule has 0 heterocycles. The fraction of sp³-hybridized carbons (Fsp3) is 0.471. The minimum absolute atomic E-state index is 0.0253. The molecule has 0 fully saturated rings. The van der Waals surface area contributed by atoms with E-state index in [0.29, 0.717) is 12.0 Å². The molecule has 1 aromatic rings. The van der Waals surface area contributed by atoms with E-state index >= 15 is 0 Å². The van der Waals surface area contributed by atoms with Crippen molar-refractivity contribution in [2.75, 3.05) is 6.61 Å². The Morgan fingerprint density at radius 3 is 2.55 bits per heavy atom. The topological polar surface area (TPSA) is 46.5 Å². The maximum atomic E-state index is 12.0. The van der Waals surface area contributed by atoms with Gasteiger partial charge in [-0.25, -0.2) is 4.79 Å². The first-order valence-corrected chi connectivity index (χ1v) is 6.94. The Labute approximate surface area is 120 Å². The van der Waals surface area contributed by atoms with Crippen molar-refractivity contribution < 1.29 is 14.6 Å². The van der Waals surface area contributed by atoms with E-state index in [9.17, 15) is 9.90 Å². The van der Waals surface area contributed by atoms with Crippen LogP contribution in [0.4, 0.5) is 0 Å². The first-order chi connectivity index (χ1) is 9.34. The first kappa shape index (κ1) is 14.8. The van der Waals surface area contributed by atoms with Crippen molar-refractivity contribution >= 4 is 5.97 Å². The number of ether oxygens (including phenoxy) is 1. The monoisotopic (exact) mass is 274 g/mol. The van der Waals surface area contributed by atoms with Gasteiger partial charge in [0.1, 0.15) is 12.2 Å². The number of esters is 1. The summed E-state index contributed by atoms with van der Waals surface area (Å²) in [5, 5.41) is 10.8. The molecular formula is C17H22O3. The summed E-state index contributed by atoms with van der Waals surface area (Å²) in [6, 6.07) is 8.86. The minimum Gasteiger partial charge on any atom is -0.459 e. The van der Waals surface area contributed by atoms with E-state index in [1.807, 2.05) is 26.0 Å². The third-order valence-corrected chi connectivity index (χ3v) is 4.22. The number of carbonyl (C=O) groups excluding carboxylic acids is 1. The highest BCUT2D eigenvalue weighted by Crippen LogP contribution is 2.43. The lowest BCUT2D eigenvalue weighted by Crippen LogP contribution is -2.50. The molecule has 3 nitrogen and oxygen atoms in total. The molecule has 2 rings (SSSR count). The lowest BCUT2D eigenvalue weighted by molar-refractivity contribution is -0.109. The van der Waals surface area contributed by atoms with Crippen molar-refractivity contribution in [3.63, 3.8) is 0 Å². The zero-order valence-corrected chi connectivity index (χ0v) is 12.3. The molecule has 1 aromatic carbocycles. The lowest BCUT2D eigenvalue weighted by Gasteiger charge is -2.45. The largest absolute Gasteiger partial charge is 0.459 e. The molecule has 108 valence electrons. The van der Waals surface area contributed by atoms with Crippen molar-refractivity contribution in [3.8, 4) is 0 Å². The molecule has 20 heavy (non-hydrogen) atoms. The van der Waals surface area contributed by atoms with Crippen molar-refractivity contribution in [2.24, 2.45) is 5.41 Å². The van der Waals surface area contributed by atoms with E-state index in [1.165, 1.54) is 5.57 Å². The van der Waals surface area contributed by atoms with Crippen molar-refractivity contribution in [1.29, 1.82) is 0 Å². The van der Waals surface area contributed by atoms with E-state index in [-0.39, 0.29) is 18.0 Å².